The minimum atomic E-state index is 0.420. The van der Waals surface area contributed by atoms with Crippen LogP contribution in [0.15, 0.2) is 10.6 Å². The standard InChI is InChI=1S/C8H11N5O/c1-5-3-7(12-11-5)4-9-8-10-6(2)13-14-8/h3H,4H2,1-2H3,(H,11,12)(H,9,10,13). The molecule has 2 aromatic heterocycles. The highest BCUT2D eigenvalue weighted by molar-refractivity contribution is 5.20. The zero-order valence-corrected chi connectivity index (χ0v) is 8.03. The van der Waals surface area contributed by atoms with Gasteiger partial charge in [-0.3, -0.25) is 5.10 Å². The van der Waals surface area contributed by atoms with Gasteiger partial charge in [0.25, 0.3) is 0 Å². The van der Waals surface area contributed by atoms with E-state index in [1.54, 1.807) is 6.92 Å². The fourth-order valence-corrected chi connectivity index (χ4v) is 1.10. The lowest BCUT2D eigenvalue weighted by molar-refractivity contribution is 0.425. The summed E-state index contributed by atoms with van der Waals surface area (Å²) in [6.45, 7) is 4.30. The van der Waals surface area contributed by atoms with Gasteiger partial charge in [0, 0.05) is 5.69 Å². The minimum Gasteiger partial charge on any atom is -0.332 e. The van der Waals surface area contributed by atoms with E-state index >= 15 is 0 Å². The van der Waals surface area contributed by atoms with Crippen LogP contribution in [0.3, 0.4) is 0 Å². The summed E-state index contributed by atoms with van der Waals surface area (Å²) < 4.78 is 4.88. The molecule has 0 aliphatic heterocycles. The number of hydrogen-bond acceptors (Lipinski definition) is 5. The Balaban J connectivity index is 1.94. The molecule has 0 spiro atoms. The second kappa shape index (κ2) is 3.49. The van der Waals surface area contributed by atoms with Gasteiger partial charge in [-0.2, -0.15) is 10.1 Å². The molecule has 0 aliphatic carbocycles. The van der Waals surface area contributed by atoms with Crippen molar-refractivity contribution in [2.24, 2.45) is 0 Å². The van der Waals surface area contributed by atoms with E-state index in [1.165, 1.54) is 0 Å². The molecule has 6 heteroatoms. The molecule has 2 rings (SSSR count). The van der Waals surface area contributed by atoms with Gasteiger partial charge in [0.2, 0.25) is 0 Å². The van der Waals surface area contributed by atoms with E-state index in [-0.39, 0.29) is 0 Å². The molecule has 14 heavy (non-hydrogen) atoms. The highest BCUT2D eigenvalue weighted by Crippen LogP contribution is 2.05. The quantitative estimate of drug-likeness (QED) is 0.760. The summed E-state index contributed by atoms with van der Waals surface area (Å²) in [7, 11) is 0. The maximum Gasteiger partial charge on any atom is 0.321 e. The van der Waals surface area contributed by atoms with E-state index in [0.29, 0.717) is 18.4 Å². The van der Waals surface area contributed by atoms with Crippen molar-refractivity contribution in [1.29, 1.82) is 0 Å². The van der Waals surface area contributed by atoms with Gasteiger partial charge in [-0.15, -0.1) is 0 Å². The molecule has 0 fully saturated rings. The fourth-order valence-electron chi connectivity index (χ4n) is 1.10. The Labute approximate surface area is 80.7 Å². The summed E-state index contributed by atoms with van der Waals surface area (Å²) in [6.07, 6.45) is 0. The van der Waals surface area contributed by atoms with E-state index in [0.717, 1.165) is 11.4 Å². The second-order valence-electron chi connectivity index (χ2n) is 3.04. The summed E-state index contributed by atoms with van der Waals surface area (Å²) in [5.74, 6) is 0.616. The molecule has 0 amide bonds. The summed E-state index contributed by atoms with van der Waals surface area (Å²) >= 11 is 0. The molecule has 0 saturated heterocycles. The van der Waals surface area contributed by atoms with Gasteiger partial charge in [-0.1, -0.05) is 5.16 Å². The van der Waals surface area contributed by atoms with E-state index in [9.17, 15) is 0 Å². The average molecular weight is 193 g/mol. The smallest absolute Gasteiger partial charge is 0.321 e. The lowest BCUT2D eigenvalue weighted by Gasteiger charge is -1.94. The molecule has 0 atom stereocenters. The molecular weight excluding hydrogens is 182 g/mol. The normalized spacial score (nSPS) is 10.4. The zero-order chi connectivity index (χ0) is 9.97. The predicted molar refractivity (Wildman–Crippen MR) is 49.7 cm³/mol. The Morgan fingerprint density at radius 2 is 2.36 bits per heavy atom. The molecule has 2 heterocycles. The van der Waals surface area contributed by atoms with Gasteiger partial charge in [-0.05, 0) is 19.9 Å². The van der Waals surface area contributed by atoms with E-state index < -0.39 is 0 Å². The molecule has 0 saturated carbocycles. The van der Waals surface area contributed by atoms with Crippen LogP contribution in [-0.2, 0) is 6.54 Å². The van der Waals surface area contributed by atoms with Crippen molar-refractivity contribution in [2.75, 3.05) is 5.32 Å². The van der Waals surface area contributed by atoms with Crippen molar-refractivity contribution in [3.05, 3.63) is 23.3 Å². The molecule has 0 aliphatic rings. The number of aryl methyl sites for hydroxylation is 2. The third-order valence-corrected chi connectivity index (χ3v) is 1.71. The molecule has 0 bridgehead atoms. The molecule has 2 N–H and O–H groups in total. The van der Waals surface area contributed by atoms with Gasteiger partial charge in [0.1, 0.15) is 0 Å². The van der Waals surface area contributed by atoms with Gasteiger partial charge in [-0.25, -0.2) is 0 Å². The Bertz CT molecular complexity index is 379. The highest BCUT2D eigenvalue weighted by atomic mass is 16.5. The Hall–Kier alpha value is -1.85. The lowest BCUT2D eigenvalue weighted by Crippen LogP contribution is -1.99. The highest BCUT2D eigenvalue weighted by Gasteiger charge is 2.02. The van der Waals surface area contributed by atoms with Gasteiger partial charge >= 0.3 is 6.01 Å². The third kappa shape index (κ3) is 1.90. The van der Waals surface area contributed by atoms with Crippen LogP contribution < -0.4 is 5.32 Å². The van der Waals surface area contributed by atoms with Gasteiger partial charge < -0.3 is 9.84 Å². The van der Waals surface area contributed by atoms with Crippen LogP contribution in [0.5, 0.6) is 0 Å². The third-order valence-electron chi connectivity index (χ3n) is 1.71. The van der Waals surface area contributed by atoms with Crippen LogP contribution >= 0.6 is 0 Å². The number of rotatable bonds is 3. The fraction of sp³-hybridized carbons (Fsp3) is 0.375. The lowest BCUT2D eigenvalue weighted by atomic mass is 10.4. The van der Waals surface area contributed by atoms with Crippen molar-refractivity contribution in [3.8, 4) is 0 Å². The van der Waals surface area contributed by atoms with Crippen molar-refractivity contribution in [2.45, 2.75) is 20.4 Å². The topological polar surface area (TPSA) is 79.6 Å². The average Bonchev–Trinajstić information content (AvgIpc) is 2.72. The number of nitrogens with zero attached hydrogens (tertiary/aromatic N) is 3. The first kappa shape index (κ1) is 8.74. The summed E-state index contributed by atoms with van der Waals surface area (Å²) in [5.41, 5.74) is 1.95. The van der Waals surface area contributed by atoms with Crippen molar-refractivity contribution in [3.63, 3.8) is 0 Å². The Morgan fingerprint density at radius 3 is 2.93 bits per heavy atom. The molecule has 0 radical (unpaired) electrons. The van der Waals surface area contributed by atoms with Crippen LogP contribution in [0.4, 0.5) is 6.01 Å². The number of nitrogens with one attached hydrogen (secondary N) is 2. The Morgan fingerprint density at radius 1 is 1.50 bits per heavy atom. The number of anilines is 1. The van der Waals surface area contributed by atoms with Crippen molar-refractivity contribution < 1.29 is 4.52 Å². The first-order chi connectivity index (χ1) is 6.74. The van der Waals surface area contributed by atoms with Crippen molar-refractivity contribution in [1.82, 2.24) is 20.3 Å². The van der Waals surface area contributed by atoms with Crippen LogP contribution in [0.2, 0.25) is 0 Å². The molecular formula is C8H11N5O. The summed E-state index contributed by atoms with van der Waals surface area (Å²) in [5, 5.41) is 13.5. The maximum absolute atomic E-state index is 4.88. The SMILES string of the molecule is Cc1noc(NCc2cc(C)[nH]n2)n1. The number of aromatic amines is 1. The van der Waals surface area contributed by atoms with Gasteiger partial charge in [0.05, 0.1) is 12.2 Å². The maximum atomic E-state index is 4.88. The van der Waals surface area contributed by atoms with Crippen molar-refractivity contribution >= 4 is 6.01 Å². The second-order valence-corrected chi connectivity index (χ2v) is 3.04. The monoisotopic (exact) mass is 193 g/mol. The molecule has 2 aromatic rings. The largest absolute Gasteiger partial charge is 0.332 e. The number of hydrogen-bond donors (Lipinski definition) is 2. The minimum absolute atomic E-state index is 0.420. The van der Waals surface area contributed by atoms with E-state index in [2.05, 4.69) is 25.7 Å². The zero-order valence-electron chi connectivity index (χ0n) is 8.03. The van der Waals surface area contributed by atoms with Crippen LogP contribution in [-0.4, -0.2) is 20.3 Å². The number of aromatic nitrogens is 4. The Kier molecular flexibility index (Phi) is 2.18. The van der Waals surface area contributed by atoms with Crippen LogP contribution in [0.1, 0.15) is 17.2 Å². The predicted octanol–water partition coefficient (Wildman–Crippen LogP) is 1.02. The molecule has 0 aromatic carbocycles. The summed E-state index contributed by atoms with van der Waals surface area (Å²) in [4.78, 5) is 4.01. The van der Waals surface area contributed by atoms with Crippen LogP contribution in [0, 0.1) is 13.8 Å². The summed E-state index contributed by atoms with van der Waals surface area (Å²) in [6, 6.07) is 2.37. The molecule has 0 unspecified atom stereocenters. The number of H-pyrrole nitrogens is 1. The molecule has 74 valence electrons. The van der Waals surface area contributed by atoms with E-state index in [1.807, 2.05) is 13.0 Å². The molecule has 6 nitrogen and oxygen atoms in total. The van der Waals surface area contributed by atoms with E-state index in [4.69, 9.17) is 4.52 Å². The first-order valence-electron chi connectivity index (χ1n) is 4.29. The van der Waals surface area contributed by atoms with Gasteiger partial charge in [0.15, 0.2) is 5.82 Å². The van der Waals surface area contributed by atoms with Crippen LogP contribution in [0.25, 0.3) is 0 Å². The first-order valence-corrected chi connectivity index (χ1v) is 4.29.